The molecular weight excluding hydrogens is 216 g/mol. The molecule has 1 aromatic heterocycles. The van der Waals surface area contributed by atoms with Gasteiger partial charge in [-0.15, -0.1) is 0 Å². The van der Waals surface area contributed by atoms with Gasteiger partial charge in [-0.3, -0.25) is 9.59 Å². The lowest BCUT2D eigenvalue weighted by molar-refractivity contribution is 0.0734. The average molecular weight is 236 g/mol. The Kier molecular flexibility index (Phi) is 4.94. The van der Waals surface area contributed by atoms with E-state index in [4.69, 9.17) is 0 Å². The van der Waals surface area contributed by atoms with Crippen LogP contribution in [0.25, 0.3) is 0 Å². The Morgan fingerprint density at radius 2 is 2.12 bits per heavy atom. The summed E-state index contributed by atoms with van der Waals surface area (Å²) in [6.07, 6.45) is 1.04. The maximum Gasteiger partial charge on any atom is 0.270 e. The first-order valence-corrected chi connectivity index (χ1v) is 6.07. The van der Waals surface area contributed by atoms with Gasteiger partial charge >= 0.3 is 0 Å². The molecule has 1 amide bonds. The van der Waals surface area contributed by atoms with Crippen LogP contribution in [0.2, 0.25) is 0 Å². The normalized spacial score (nSPS) is 12.2. The van der Waals surface area contributed by atoms with Crippen molar-refractivity contribution in [1.29, 1.82) is 0 Å². The molecule has 94 valence electrons. The number of rotatable bonds is 5. The lowest BCUT2D eigenvalue weighted by Crippen LogP contribution is -2.35. The van der Waals surface area contributed by atoms with E-state index in [1.165, 1.54) is 6.07 Å². The number of H-pyrrole nitrogens is 1. The van der Waals surface area contributed by atoms with Crippen LogP contribution in [0.4, 0.5) is 0 Å². The number of nitrogens with one attached hydrogen (secondary N) is 1. The molecule has 0 aliphatic rings. The molecule has 1 aromatic rings. The van der Waals surface area contributed by atoms with E-state index in [2.05, 4.69) is 18.8 Å². The minimum atomic E-state index is -0.240. The molecule has 0 spiro atoms. The molecular formula is C13H20N2O2. The van der Waals surface area contributed by atoms with Crippen LogP contribution in [0.1, 0.15) is 37.7 Å². The third-order valence-corrected chi connectivity index (χ3v) is 2.90. The monoisotopic (exact) mass is 236 g/mol. The van der Waals surface area contributed by atoms with Crippen molar-refractivity contribution in [2.45, 2.75) is 27.2 Å². The Balaban J connectivity index is 2.82. The predicted molar refractivity (Wildman–Crippen MR) is 68.1 cm³/mol. The van der Waals surface area contributed by atoms with Gasteiger partial charge in [-0.25, -0.2) is 0 Å². The molecule has 0 radical (unpaired) electrons. The summed E-state index contributed by atoms with van der Waals surface area (Å²) in [5, 5.41) is 0. The van der Waals surface area contributed by atoms with Crippen molar-refractivity contribution >= 4 is 5.91 Å². The van der Waals surface area contributed by atoms with E-state index in [0.717, 1.165) is 13.0 Å². The summed E-state index contributed by atoms with van der Waals surface area (Å²) in [5.41, 5.74) is 0.123. The Morgan fingerprint density at radius 3 is 2.65 bits per heavy atom. The number of carbonyl (C=O) groups is 1. The summed E-state index contributed by atoms with van der Waals surface area (Å²) >= 11 is 0. The van der Waals surface area contributed by atoms with Crippen LogP contribution < -0.4 is 5.56 Å². The molecule has 17 heavy (non-hydrogen) atoms. The first-order valence-electron chi connectivity index (χ1n) is 6.07. The Labute approximate surface area is 102 Å². The van der Waals surface area contributed by atoms with Crippen molar-refractivity contribution in [3.8, 4) is 0 Å². The number of amides is 1. The van der Waals surface area contributed by atoms with Gasteiger partial charge in [-0.1, -0.05) is 26.3 Å². The summed E-state index contributed by atoms with van der Waals surface area (Å²) in [4.78, 5) is 27.6. The van der Waals surface area contributed by atoms with Crippen molar-refractivity contribution in [1.82, 2.24) is 9.88 Å². The summed E-state index contributed by atoms with van der Waals surface area (Å²) < 4.78 is 0. The van der Waals surface area contributed by atoms with Crippen LogP contribution in [0, 0.1) is 5.92 Å². The molecule has 1 heterocycles. The number of carbonyl (C=O) groups excluding carboxylic acids is 1. The molecule has 0 bridgehead atoms. The minimum absolute atomic E-state index is 0.106. The number of nitrogens with zero attached hydrogens (tertiary/aromatic N) is 1. The lowest BCUT2D eigenvalue weighted by atomic mass is 10.1. The Morgan fingerprint density at radius 1 is 1.41 bits per heavy atom. The second kappa shape index (κ2) is 6.23. The zero-order valence-electron chi connectivity index (χ0n) is 10.7. The van der Waals surface area contributed by atoms with Crippen molar-refractivity contribution in [3.05, 3.63) is 34.2 Å². The van der Waals surface area contributed by atoms with E-state index >= 15 is 0 Å². The van der Waals surface area contributed by atoms with Gasteiger partial charge in [-0.05, 0) is 18.9 Å². The highest BCUT2D eigenvalue weighted by molar-refractivity contribution is 5.92. The van der Waals surface area contributed by atoms with Gasteiger partial charge < -0.3 is 9.88 Å². The van der Waals surface area contributed by atoms with Crippen molar-refractivity contribution in [3.63, 3.8) is 0 Å². The molecule has 4 nitrogen and oxygen atoms in total. The summed E-state index contributed by atoms with van der Waals surface area (Å²) in [6, 6.07) is 4.65. The van der Waals surface area contributed by atoms with Crippen LogP contribution in [-0.2, 0) is 0 Å². The maximum atomic E-state index is 12.1. The fourth-order valence-electron chi connectivity index (χ4n) is 1.60. The molecule has 1 N–H and O–H groups in total. The zero-order valence-corrected chi connectivity index (χ0v) is 10.7. The number of hydrogen-bond acceptors (Lipinski definition) is 2. The second-order valence-electron chi connectivity index (χ2n) is 4.29. The van der Waals surface area contributed by atoms with Crippen LogP contribution >= 0.6 is 0 Å². The van der Waals surface area contributed by atoms with E-state index in [9.17, 15) is 9.59 Å². The van der Waals surface area contributed by atoms with Crippen LogP contribution in [0.15, 0.2) is 23.0 Å². The molecule has 0 aliphatic heterocycles. The van der Waals surface area contributed by atoms with E-state index in [-0.39, 0.29) is 11.5 Å². The standard InChI is InChI=1S/C13H20N2O2/c1-4-10(3)9-15(5-2)13(17)11-7-6-8-12(16)14-11/h6-8,10H,4-5,9H2,1-3H3,(H,14,16). The van der Waals surface area contributed by atoms with Crippen LogP contribution in [0.3, 0.4) is 0 Å². The van der Waals surface area contributed by atoms with Gasteiger partial charge in [0.15, 0.2) is 0 Å². The number of aromatic amines is 1. The molecule has 0 aliphatic carbocycles. The van der Waals surface area contributed by atoms with Gasteiger partial charge in [0, 0.05) is 19.2 Å². The van der Waals surface area contributed by atoms with Crippen molar-refractivity contribution in [2.24, 2.45) is 5.92 Å². The zero-order chi connectivity index (χ0) is 12.8. The number of aromatic nitrogens is 1. The maximum absolute atomic E-state index is 12.1. The summed E-state index contributed by atoms with van der Waals surface area (Å²) in [6.45, 7) is 7.54. The van der Waals surface area contributed by atoms with Gasteiger partial charge in [-0.2, -0.15) is 0 Å². The SMILES string of the molecule is CCC(C)CN(CC)C(=O)c1cccc(=O)[nH]1. The third kappa shape index (κ3) is 3.73. The highest BCUT2D eigenvalue weighted by atomic mass is 16.2. The molecule has 0 saturated carbocycles. The van der Waals surface area contributed by atoms with Gasteiger partial charge in [0.2, 0.25) is 5.56 Å². The first-order chi connectivity index (χ1) is 8.08. The fraction of sp³-hybridized carbons (Fsp3) is 0.538. The predicted octanol–water partition coefficient (Wildman–Crippen LogP) is 1.88. The quantitative estimate of drug-likeness (QED) is 0.848. The fourth-order valence-corrected chi connectivity index (χ4v) is 1.60. The highest BCUT2D eigenvalue weighted by Crippen LogP contribution is 2.07. The molecule has 1 unspecified atom stereocenters. The van der Waals surface area contributed by atoms with Crippen molar-refractivity contribution < 1.29 is 4.79 Å². The van der Waals surface area contributed by atoms with E-state index in [0.29, 0.717) is 18.2 Å². The number of pyridine rings is 1. The largest absolute Gasteiger partial charge is 0.337 e. The first kappa shape index (κ1) is 13.5. The van der Waals surface area contributed by atoms with Crippen LogP contribution in [0.5, 0.6) is 0 Å². The molecule has 0 fully saturated rings. The van der Waals surface area contributed by atoms with Gasteiger partial charge in [0.05, 0.1) is 0 Å². The minimum Gasteiger partial charge on any atom is -0.337 e. The third-order valence-electron chi connectivity index (χ3n) is 2.90. The Hall–Kier alpha value is -1.58. The molecule has 1 atom stereocenters. The Bertz CT molecular complexity index is 425. The topological polar surface area (TPSA) is 53.2 Å². The van der Waals surface area contributed by atoms with E-state index < -0.39 is 0 Å². The average Bonchev–Trinajstić information content (AvgIpc) is 2.34. The van der Waals surface area contributed by atoms with Crippen molar-refractivity contribution in [2.75, 3.05) is 13.1 Å². The van der Waals surface area contributed by atoms with Gasteiger partial charge in [0.1, 0.15) is 5.69 Å². The highest BCUT2D eigenvalue weighted by Gasteiger charge is 2.16. The second-order valence-corrected chi connectivity index (χ2v) is 4.29. The van der Waals surface area contributed by atoms with Crippen LogP contribution in [-0.4, -0.2) is 28.9 Å². The lowest BCUT2D eigenvalue weighted by Gasteiger charge is -2.23. The summed E-state index contributed by atoms with van der Waals surface area (Å²) in [7, 11) is 0. The number of hydrogen-bond donors (Lipinski definition) is 1. The smallest absolute Gasteiger partial charge is 0.270 e. The molecule has 1 rings (SSSR count). The van der Waals surface area contributed by atoms with E-state index in [1.54, 1.807) is 17.0 Å². The molecule has 4 heteroatoms. The molecule has 0 saturated heterocycles. The van der Waals surface area contributed by atoms with E-state index in [1.807, 2.05) is 6.92 Å². The summed E-state index contributed by atoms with van der Waals surface area (Å²) in [5.74, 6) is 0.361. The molecule has 0 aromatic carbocycles. The van der Waals surface area contributed by atoms with Gasteiger partial charge in [0.25, 0.3) is 5.91 Å².